The normalized spacial score (nSPS) is 14.6. The number of esters is 1. The number of furan rings is 1. The number of aromatic nitrogens is 4. The highest BCUT2D eigenvalue weighted by molar-refractivity contribution is 6.35. The fourth-order valence-electron chi connectivity index (χ4n) is 5.25. The zero-order chi connectivity index (χ0) is 30.2. The van der Waals surface area contributed by atoms with Crippen LogP contribution in [0.1, 0.15) is 33.9 Å². The van der Waals surface area contributed by atoms with E-state index in [1.165, 1.54) is 13.2 Å². The number of ether oxygens (including phenoxy) is 3. The average molecular weight is 613 g/mol. The quantitative estimate of drug-likeness (QED) is 0.165. The van der Waals surface area contributed by atoms with Gasteiger partial charge in [0.25, 0.3) is 0 Å². The van der Waals surface area contributed by atoms with Crippen molar-refractivity contribution in [1.82, 2.24) is 19.5 Å². The van der Waals surface area contributed by atoms with Gasteiger partial charge in [0.2, 0.25) is 5.88 Å². The number of benzene rings is 2. The highest BCUT2D eigenvalue weighted by Crippen LogP contribution is 2.29. The summed E-state index contributed by atoms with van der Waals surface area (Å²) in [5.41, 5.74) is 4.46. The number of hydrogen-bond acceptors (Lipinski definition) is 8. The Hall–Kier alpha value is -4.80. The van der Waals surface area contributed by atoms with Crippen LogP contribution in [-0.2, 0) is 29.0 Å². The van der Waals surface area contributed by atoms with E-state index >= 15 is 4.39 Å². The summed E-state index contributed by atoms with van der Waals surface area (Å²) in [6.07, 6.45) is 2.73. The second-order valence-electron chi connectivity index (χ2n) is 10.5. The molecular formula is C33H26ClFN4O5. The number of imidazole rings is 1. The van der Waals surface area contributed by atoms with Gasteiger partial charge in [-0.25, -0.2) is 24.1 Å². The van der Waals surface area contributed by atoms with Gasteiger partial charge in [-0.2, -0.15) is 0 Å². The first-order valence-electron chi connectivity index (χ1n) is 14.1. The van der Waals surface area contributed by atoms with Crippen LogP contribution in [0.4, 0.5) is 4.39 Å². The van der Waals surface area contributed by atoms with Crippen LogP contribution in [0.25, 0.3) is 33.4 Å². The SMILES string of the molecule is COC(=O)c1ccc2nc(Cc3ccc(-c4cccc(OCc5ccc(Cl)c6ccoc56)n4)cc3F)n(C[C@@H]3CCO3)c2n1. The van der Waals surface area contributed by atoms with Crippen LogP contribution in [0.15, 0.2) is 77.4 Å². The summed E-state index contributed by atoms with van der Waals surface area (Å²) in [6, 6.07) is 19.2. The van der Waals surface area contributed by atoms with E-state index < -0.39 is 11.8 Å². The number of methoxy groups -OCH3 is 1. The molecule has 1 aliphatic heterocycles. The number of nitrogens with zero attached hydrogens (tertiary/aromatic N) is 4. The van der Waals surface area contributed by atoms with Crippen molar-refractivity contribution in [3.63, 3.8) is 0 Å². The monoisotopic (exact) mass is 612 g/mol. The summed E-state index contributed by atoms with van der Waals surface area (Å²) in [5.74, 6) is 0.0924. The first kappa shape index (κ1) is 28.0. The van der Waals surface area contributed by atoms with Crippen molar-refractivity contribution < 1.29 is 27.8 Å². The van der Waals surface area contributed by atoms with Crippen molar-refractivity contribution in [1.29, 1.82) is 0 Å². The van der Waals surface area contributed by atoms with E-state index in [2.05, 4.69) is 9.97 Å². The number of rotatable bonds is 9. The van der Waals surface area contributed by atoms with Gasteiger partial charge in [0.05, 0.1) is 36.7 Å². The molecule has 0 saturated carbocycles. The number of fused-ring (bicyclic) bond motifs is 2. The molecule has 4 aromatic heterocycles. The Morgan fingerprint density at radius 2 is 1.93 bits per heavy atom. The second-order valence-corrected chi connectivity index (χ2v) is 10.9. The molecule has 44 heavy (non-hydrogen) atoms. The van der Waals surface area contributed by atoms with Crippen LogP contribution in [0.3, 0.4) is 0 Å². The Balaban J connectivity index is 1.12. The molecule has 5 heterocycles. The number of pyridine rings is 2. The molecule has 0 radical (unpaired) electrons. The average Bonchev–Trinajstić information content (AvgIpc) is 3.65. The molecule has 0 bridgehead atoms. The lowest BCUT2D eigenvalue weighted by Crippen LogP contribution is -2.32. The van der Waals surface area contributed by atoms with Crippen molar-refractivity contribution in [2.45, 2.75) is 32.1 Å². The van der Waals surface area contributed by atoms with Gasteiger partial charge in [-0.05, 0) is 48.4 Å². The van der Waals surface area contributed by atoms with Crippen LogP contribution >= 0.6 is 11.6 Å². The Kier molecular flexibility index (Phi) is 7.45. The van der Waals surface area contributed by atoms with Crippen LogP contribution in [0, 0.1) is 5.82 Å². The highest BCUT2D eigenvalue weighted by Gasteiger charge is 2.24. The molecule has 1 saturated heterocycles. The summed E-state index contributed by atoms with van der Waals surface area (Å²) in [6.45, 7) is 1.42. The lowest BCUT2D eigenvalue weighted by atomic mass is 10.1. The van der Waals surface area contributed by atoms with Gasteiger partial charge in [-0.1, -0.05) is 35.9 Å². The van der Waals surface area contributed by atoms with E-state index in [1.54, 1.807) is 42.7 Å². The summed E-state index contributed by atoms with van der Waals surface area (Å²) >= 11 is 6.25. The summed E-state index contributed by atoms with van der Waals surface area (Å²) in [5, 5.41) is 1.43. The molecule has 0 amide bonds. The maximum Gasteiger partial charge on any atom is 0.356 e. The molecule has 11 heteroatoms. The third-order valence-electron chi connectivity index (χ3n) is 7.69. The zero-order valence-corrected chi connectivity index (χ0v) is 24.4. The predicted molar refractivity (Wildman–Crippen MR) is 161 cm³/mol. The number of hydrogen-bond donors (Lipinski definition) is 0. The van der Waals surface area contributed by atoms with E-state index in [4.69, 9.17) is 35.2 Å². The van der Waals surface area contributed by atoms with Gasteiger partial charge < -0.3 is 23.2 Å². The molecule has 0 unspecified atom stereocenters. The molecule has 2 aromatic carbocycles. The maximum atomic E-state index is 15.6. The van der Waals surface area contributed by atoms with Crippen molar-refractivity contribution >= 4 is 39.7 Å². The first-order chi connectivity index (χ1) is 21.5. The maximum absolute atomic E-state index is 15.6. The molecule has 0 spiro atoms. The van der Waals surface area contributed by atoms with Crippen molar-refractivity contribution in [3.8, 4) is 17.1 Å². The van der Waals surface area contributed by atoms with Crippen LogP contribution < -0.4 is 4.74 Å². The standard InChI is InChI=1S/C33H26ClFN4O5/c1-41-33(40)28-10-9-27-32(38-28)39(17-22-11-13-42-22)29(36-27)16-19-5-6-20(15-25(19)35)26-3-2-4-30(37-26)44-18-21-7-8-24(34)23-12-14-43-31(21)23/h2-10,12,14-15,22H,11,13,16-18H2,1H3/t22-/m0/s1. The van der Waals surface area contributed by atoms with Gasteiger partial charge in [-0.3, -0.25) is 0 Å². The Bertz CT molecular complexity index is 2020. The number of carbonyl (C=O) groups is 1. The first-order valence-corrected chi connectivity index (χ1v) is 14.4. The third-order valence-corrected chi connectivity index (χ3v) is 8.02. The fourth-order valence-corrected chi connectivity index (χ4v) is 5.46. The predicted octanol–water partition coefficient (Wildman–Crippen LogP) is 6.78. The van der Waals surface area contributed by atoms with Gasteiger partial charge >= 0.3 is 5.97 Å². The van der Waals surface area contributed by atoms with Gasteiger partial charge in [-0.15, -0.1) is 0 Å². The van der Waals surface area contributed by atoms with E-state index in [1.807, 2.05) is 28.8 Å². The lowest BCUT2D eigenvalue weighted by molar-refractivity contribution is -0.0590. The molecule has 222 valence electrons. The number of carbonyl (C=O) groups excluding carboxylic acids is 1. The van der Waals surface area contributed by atoms with Crippen LogP contribution in [0.2, 0.25) is 5.02 Å². The summed E-state index contributed by atoms with van der Waals surface area (Å²) in [7, 11) is 1.31. The molecule has 1 aliphatic rings. The van der Waals surface area contributed by atoms with E-state index in [-0.39, 0.29) is 24.8 Å². The number of halogens is 2. The molecule has 0 aliphatic carbocycles. The molecule has 9 nitrogen and oxygen atoms in total. The Morgan fingerprint density at radius 1 is 1.07 bits per heavy atom. The largest absolute Gasteiger partial charge is 0.473 e. The molecule has 0 N–H and O–H groups in total. The molecular weight excluding hydrogens is 587 g/mol. The fraction of sp³-hybridized carbons (Fsp3) is 0.212. The molecule has 1 atom stereocenters. The summed E-state index contributed by atoms with van der Waals surface area (Å²) < 4.78 is 39.5. The van der Waals surface area contributed by atoms with Gasteiger partial charge in [0.15, 0.2) is 11.3 Å². The van der Waals surface area contributed by atoms with Crippen molar-refractivity contribution in [3.05, 3.63) is 106 Å². The Morgan fingerprint density at radius 3 is 2.73 bits per heavy atom. The molecule has 1 fully saturated rings. The third kappa shape index (κ3) is 5.38. The zero-order valence-electron chi connectivity index (χ0n) is 23.6. The van der Waals surface area contributed by atoms with Crippen LogP contribution in [-0.4, -0.2) is 45.3 Å². The lowest BCUT2D eigenvalue weighted by Gasteiger charge is -2.27. The summed E-state index contributed by atoms with van der Waals surface area (Å²) in [4.78, 5) is 25.9. The minimum atomic E-state index is -0.536. The topological polar surface area (TPSA) is 102 Å². The minimum absolute atomic E-state index is 0.00678. The Labute approximate surface area is 256 Å². The van der Waals surface area contributed by atoms with E-state index in [0.717, 1.165) is 17.4 Å². The highest BCUT2D eigenvalue weighted by atomic mass is 35.5. The second kappa shape index (κ2) is 11.7. The molecule has 7 rings (SSSR count). The minimum Gasteiger partial charge on any atom is -0.473 e. The van der Waals surface area contributed by atoms with Gasteiger partial charge in [0.1, 0.15) is 29.3 Å². The smallest absolute Gasteiger partial charge is 0.356 e. The van der Waals surface area contributed by atoms with E-state index in [0.29, 0.717) is 63.4 Å². The van der Waals surface area contributed by atoms with Crippen molar-refractivity contribution in [2.75, 3.05) is 13.7 Å². The molecule has 6 aromatic rings. The van der Waals surface area contributed by atoms with Crippen LogP contribution in [0.5, 0.6) is 5.88 Å². The van der Waals surface area contributed by atoms with Gasteiger partial charge in [0, 0.05) is 35.6 Å². The van der Waals surface area contributed by atoms with E-state index in [9.17, 15) is 4.79 Å². The van der Waals surface area contributed by atoms with Crippen molar-refractivity contribution in [2.24, 2.45) is 0 Å².